The maximum atomic E-state index is 13.1. The van der Waals surface area contributed by atoms with Gasteiger partial charge >= 0.3 is 0 Å². The second-order valence-electron chi connectivity index (χ2n) is 3.89. The molecule has 0 aliphatic carbocycles. The molecule has 0 unspecified atom stereocenters. The van der Waals surface area contributed by atoms with E-state index in [2.05, 4.69) is 19.4 Å². The van der Waals surface area contributed by atoms with Gasteiger partial charge in [0.15, 0.2) is 0 Å². The first-order chi connectivity index (χ1) is 7.75. The number of benzene rings is 2. The SMILES string of the molecule is Cc1ccc(F)cc1[B-]Cc1ccccc1. The van der Waals surface area contributed by atoms with E-state index in [1.54, 1.807) is 6.07 Å². The highest BCUT2D eigenvalue weighted by atomic mass is 19.1. The van der Waals surface area contributed by atoms with Gasteiger partial charge in [-0.15, -0.1) is 0 Å². The molecule has 2 aromatic carbocycles. The van der Waals surface area contributed by atoms with Crippen LogP contribution in [0, 0.1) is 12.7 Å². The Hall–Kier alpha value is -1.57. The van der Waals surface area contributed by atoms with Gasteiger partial charge < -0.3 is 0 Å². The molecule has 0 atom stereocenters. The quantitative estimate of drug-likeness (QED) is 0.684. The number of hydrogen-bond acceptors (Lipinski definition) is 0. The summed E-state index contributed by atoms with van der Waals surface area (Å²) < 4.78 is 13.1. The third kappa shape index (κ3) is 2.72. The number of rotatable bonds is 3. The molecule has 2 radical (unpaired) electrons. The van der Waals surface area contributed by atoms with Crippen molar-refractivity contribution < 1.29 is 4.39 Å². The summed E-state index contributed by atoms with van der Waals surface area (Å²) in [6, 6.07) is 15.1. The van der Waals surface area contributed by atoms with Crippen LogP contribution < -0.4 is 5.46 Å². The van der Waals surface area contributed by atoms with Gasteiger partial charge in [-0.2, -0.15) is 0 Å². The first kappa shape index (κ1) is 10.9. The van der Waals surface area contributed by atoms with Crippen LogP contribution in [0.4, 0.5) is 4.39 Å². The normalized spacial score (nSPS) is 10.4. The maximum absolute atomic E-state index is 13.1. The predicted octanol–water partition coefficient (Wildman–Crippen LogP) is 2.66. The smallest absolute Gasteiger partial charge is 0.119 e. The van der Waals surface area contributed by atoms with E-state index in [9.17, 15) is 4.39 Å². The predicted molar refractivity (Wildman–Crippen MR) is 66.7 cm³/mol. The zero-order chi connectivity index (χ0) is 11.4. The molecule has 0 aromatic heterocycles. The van der Waals surface area contributed by atoms with E-state index in [1.807, 2.05) is 31.2 Å². The molecule has 0 N–H and O–H groups in total. The highest BCUT2D eigenvalue weighted by molar-refractivity contribution is 6.53. The van der Waals surface area contributed by atoms with Gasteiger partial charge in [0, 0.05) is 0 Å². The van der Waals surface area contributed by atoms with Gasteiger partial charge in [0.2, 0.25) is 0 Å². The standard InChI is InChI=1S/C14H13BF/c1-11-7-8-13(16)9-14(11)15-10-12-5-3-2-4-6-12/h2-9H,10H2,1H3/q-1. The lowest BCUT2D eigenvalue weighted by Gasteiger charge is -2.19. The van der Waals surface area contributed by atoms with Crippen molar-refractivity contribution in [2.75, 3.05) is 0 Å². The van der Waals surface area contributed by atoms with Gasteiger partial charge in [-0.3, -0.25) is 12.7 Å². The fourth-order valence-electron chi connectivity index (χ4n) is 1.67. The Morgan fingerprint density at radius 1 is 1.06 bits per heavy atom. The van der Waals surface area contributed by atoms with E-state index in [4.69, 9.17) is 0 Å². The number of halogens is 1. The van der Waals surface area contributed by atoms with E-state index in [1.165, 1.54) is 11.6 Å². The molecule has 2 aromatic rings. The second-order valence-corrected chi connectivity index (χ2v) is 3.89. The molecule has 0 saturated heterocycles. The van der Waals surface area contributed by atoms with Crippen molar-refractivity contribution in [2.24, 2.45) is 0 Å². The van der Waals surface area contributed by atoms with Crippen LogP contribution in [0.5, 0.6) is 0 Å². The zero-order valence-electron chi connectivity index (χ0n) is 9.28. The highest BCUT2D eigenvalue weighted by Crippen LogP contribution is 2.02. The largest absolute Gasteiger partial charge is 0.291 e. The van der Waals surface area contributed by atoms with Crippen LogP contribution in [0.1, 0.15) is 11.1 Å². The Morgan fingerprint density at radius 2 is 1.81 bits per heavy atom. The molecular weight excluding hydrogens is 198 g/mol. The lowest BCUT2D eigenvalue weighted by molar-refractivity contribution is 0.628. The first-order valence-electron chi connectivity index (χ1n) is 5.39. The minimum atomic E-state index is -0.176. The van der Waals surface area contributed by atoms with E-state index in [0.717, 1.165) is 17.3 Å². The number of aryl methyl sites for hydroxylation is 1. The fourth-order valence-corrected chi connectivity index (χ4v) is 1.67. The van der Waals surface area contributed by atoms with E-state index >= 15 is 0 Å². The van der Waals surface area contributed by atoms with Gasteiger partial charge in [0.1, 0.15) is 5.82 Å². The summed E-state index contributed by atoms with van der Waals surface area (Å²) in [5.41, 5.74) is 3.33. The lowest BCUT2D eigenvalue weighted by Crippen LogP contribution is -2.20. The number of hydrogen-bond donors (Lipinski definition) is 0. The Labute approximate surface area is 96.4 Å². The maximum Gasteiger partial charge on any atom is 0.119 e. The van der Waals surface area contributed by atoms with Gasteiger partial charge in [0.05, 0.1) is 0 Å². The molecule has 0 heterocycles. The molecule has 2 heteroatoms. The molecule has 0 aliphatic rings. The molecule has 16 heavy (non-hydrogen) atoms. The van der Waals surface area contributed by atoms with Crippen LogP contribution in [0.2, 0.25) is 0 Å². The average Bonchev–Trinajstić information content (AvgIpc) is 2.32. The molecule has 0 spiro atoms. The molecule has 80 valence electrons. The van der Waals surface area contributed by atoms with Crippen molar-refractivity contribution >= 4 is 12.7 Å². The second kappa shape index (κ2) is 4.97. The fraction of sp³-hybridized carbons (Fsp3) is 0.143. The van der Waals surface area contributed by atoms with Gasteiger partial charge in [0.25, 0.3) is 0 Å². The van der Waals surface area contributed by atoms with Crippen molar-refractivity contribution in [3.8, 4) is 0 Å². The molecular formula is C14H13BF-. The molecule has 0 fully saturated rings. The summed E-state index contributed by atoms with van der Waals surface area (Å²) in [5.74, 6) is -0.176. The summed E-state index contributed by atoms with van der Waals surface area (Å²) in [7, 11) is 2.06. The van der Waals surface area contributed by atoms with Gasteiger partial charge in [-0.25, -0.2) is 10.7 Å². The van der Waals surface area contributed by atoms with E-state index < -0.39 is 0 Å². The van der Waals surface area contributed by atoms with Crippen molar-refractivity contribution in [1.82, 2.24) is 0 Å². The van der Waals surface area contributed by atoms with Crippen LogP contribution in [-0.2, 0) is 6.32 Å². The highest BCUT2D eigenvalue weighted by Gasteiger charge is 1.91. The van der Waals surface area contributed by atoms with Crippen molar-refractivity contribution in [3.63, 3.8) is 0 Å². The van der Waals surface area contributed by atoms with Crippen LogP contribution in [-0.4, -0.2) is 7.28 Å². The third-order valence-electron chi connectivity index (χ3n) is 2.64. The molecule has 0 bridgehead atoms. The molecule has 0 saturated carbocycles. The third-order valence-corrected chi connectivity index (χ3v) is 2.64. The van der Waals surface area contributed by atoms with Gasteiger partial charge in [-0.05, 0) is 13.0 Å². The van der Waals surface area contributed by atoms with E-state index in [0.29, 0.717) is 0 Å². The van der Waals surface area contributed by atoms with Crippen molar-refractivity contribution in [3.05, 3.63) is 65.5 Å². The summed E-state index contributed by atoms with van der Waals surface area (Å²) in [4.78, 5) is 0. The topological polar surface area (TPSA) is 0 Å². The van der Waals surface area contributed by atoms with Crippen molar-refractivity contribution in [2.45, 2.75) is 13.2 Å². The minimum Gasteiger partial charge on any atom is -0.291 e. The summed E-state index contributed by atoms with van der Waals surface area (Å²) >= 11 is 0. The molecule has 2 rings (SSSR count). The Morgan fingerprint density at radius 3 is 2.56 bits per heavy atom. The molecule has 0 amide bonds. The lowest BCUT2D eigenvalue weighted by atomic mass is 9.64. The van der Waals surface area contributed by atoms with Crippen LogP contribution in [0.3, 0.4) is 0 Å². The zero-order valence-corrected chi connectivity index (χ0v) is 9.28. The van der Waals surface area contributed by atoms with Crippen LogP contribution in [0.15, 0.2) is 48.5 Å². The minimum absolute atomic E-state index is 0.176. The Kier molecular flexibility index (Phi) is 3.40. The van der Waals surface area contributed by atoms with Crippen molar-refractivity contribution in [1.29, 1.82) is 0 Å². The summed E-state index contributed by atoms with van der Waals surface area (Å²) in [6.07, 6.45) is 0.838. The molecule has 0 aliphatic heterocycles. The molecule has 0 nitrogen and oxygen atoms in total. The monoisotopic (exact) mass is 211 g/mol. The summed E-state index contributed by atoms with van der Waals surface area (Å²) in [6.45, 7) is 2.00. The average molecular weight is 211 g/mol. The first-order valence-corrected chi connectivity index (χ1v) is 5.39. The summed E-state index contributed by atoms with van der Waals surface area (Å²) in [5, 5.41) is 0. The Balaban J connectivity index is 2.08. The van der Waals surface area contributed by atoms with Gasteiger partial charge in [-0.1, -0.05) is 53.6 Å². The van der Waals surface area contributed by atoms with E-state index in [-0.39, 0.29) is 5.82 Å². The van der Waals surface area contributed by atoms with Crippen LogP contribution >= 0.6 is 0 Å². The van der Waals surface area contributed by atoms with Crippen LogP contribution in [0.25, 0.3) is 0 Å². The Bertz CT molecular complexity index is 465.